The number of hydrogen-bond donors (Lipinski definition) is 2. The molecule has 0 aromatic carbocycles. The molecule has 7 heteroatoms. The van der Waals surface area contributed by atoms with Gasteiger partial charge in [-0.3, -0.25) is 4.79 Å². The third-order valence-corrected chi connectivity index (χ3v) is 3.74. The van der Waals surface area contributed by atoms with E-state index in [0.717, 1.165) is 24.5 Å². The molecule has 0 radical (unpaired) electrons. The molecule has 1 unspecified atom stereocenters. The molecular formula is C16H28Cl2N4O. The maximum atomic E-state index is 11.6. The van der Waals surface area contributed by atoms with E-state index in [1.165, 1.54) is 25.7 Å². The highest BCUT2D eigenvalue weighted by atomic mass is 35.5. The Labute approximate surface area is 151 Å². The van der Waals surface area contributed by atoms with Crippen LogP contribution in [0.4, 0.5) is 5.82 Å². The molecule has 1 saturated heterocycles. The lowest BCUT2D eigenvalue weighted by Crippen LogP contribution is -2.29. The predicted octanol–water partition coefficient (Wildman–Crippen LogP) is 2.66. The second kappa shape index (κ2) is 11.5. The van der Waals surface area contributed by atoms with Crippen LogP contribution in [0, 0.1) is 0 Å². The topological polar surface area (TPSA) is 71.2 Å². The minimum atomic E-state index is -0.103. The van der Waals surface area contributed by atoms with Crippen molar-refractivity contribution in [2.24, 2.45) is 5.73 Å². The van der Waals surface area contributed by atoms with Gasteiger partial charge in [0.15, 0.2) is 0 Å². The molecular weight excluding hydrogens is 335 g/mol. The highest BCUT2D eigenvalue weighted by Gasteiger charge is 2.11. The van der Waals surface area contributed by atoms with Gasteiger partial charge in [-0.15, -0.1) is 24.8 Å². The van der Waals surface area contributed by atoms with Gasteiger partial charge in [0.2, 0.25) is 5.91 Å². The quantitative estimate of drug-likeness (QED) is 0.844. The van der Waals surface area contributed by atoms with Crippen LogP contribution in [0.3, 0.4) is 0 Å². The first-order chi connectivity index (χ1) is 10.1. The van der Waals surface area contributed by atoms with Crippen molar-refractivity contribution in [1.82, 2.24) is 10.3 Å². The van der Waals surface area contributed by atoms with Crippen molar-refractivity contribution >= 4 is 36.5 Å². The average Bonchev–Trinajstić information content (AvgIpc) is 2.74. The van der Waals surface area contributed by atoms with E-state index in [9.17, 15) is 4.79 Å². The summed E-state index contributed by atoms with van der Waals surface area (Å²) >= 11 is 0. The monoisotopic (exact) mass is 362 g/mol. The summed E-state index contributed by atoms with van der Waals surface area (Å²) in [7, 11) is 0. The Kier molecular flexibility index (Phi) is 11.0. The average molecular weight is 363 g/mol. The van der Waals surface area contributed by atoms with Crippen LogP contribution in [0.15, 0.2) is 18.3 Å². The number of nitrogens with two attached hydrogens (primary N) is 1. The zero-order valence-corrected chi connectivity index (χ0v) is 15.3. The van der Waals surface area contributed by atoms with Crippen molar-refractivity contribution < 1.29 is 4.79 Å². The maximum absolute atomic E-state index is 11.6. The van der Waals surface area contributed by atoms with Gasteiger partial charge in [-0.2, -0.15) is 0 Å². The van der Waals surface area contributed by atoms with Gasteiger partial charge in [0, 0.05) is 38.3 Å². The highest BCUT2D eigenvalue weighted by molar-refractivity contribution is 5.85. The Balaban J connectivity index is 0.00000242. The molecule has 23 heavy (non-hydrogen) atoms. The van der Waals surface area contributed by atoms with Crippen molar-refractivity contribution in [3.8, 4) is 0 Å². The van der Waals surface area contributed by atoms with Gasteiger partial charge in [0.25, 0.3) is 0 Å². The van der Waals surface area contributed by atoms with Crippen LogP contribution >= 0.6 is 24.8 Å². The molecule has 1 amide bonds. The summed E-state index contributed by atoms with van der Waals surface area (Å²) in [5.41, 5.74) is 6.62. The van der Waals surface area contributed by atoms with Crippen LogP contribution in [-0.4, -0.2) is 30.0 Å². The minimum absolute atomic E-state index is 0. The number of carbonyl (C=O) groups is 1. The third kappa shape index (κ3) is 7.86. The lowest BCUT2D eigenvalue weighted by molar-refractivity contribution is -0.121. The number of halogens is 2. The molecule has 1 aliphatic rings. The Bertz CT molecular complexity index is 446. The number of pyridine rings is 1. The van der Waals surface area contributed by atoms with Crippen molar-refractivity contribution in [3.05, 3.63) is 23.9 Å². The van der Waals surface area contributed by atoms with Crippen LogP contribution in [0.2, 0.25) is 0 Å². The Hall–Kier alpha value is -1.04. The number of carbonyl (C=O) groups excluding carboxylic acids is 1. The van der Waals surface area contributed by atoms with E-state index in [2.05, 4.69) is 21.3 Å². The third-order valence-electron chi connectivity index (χ3n) is 3.74. The van der Waals surface area contributed by atoms with Crippen molar-refractivity contribution in [1.29, 1.82) is 0 Å². The Morgan fingerprint density at radius 1 is 1.26 bits per heavy atom. The second-order valence-corrected chi connectivity index (χ2v) is 5.88. The number of hydrogen-bond acceptors (Lipinski definition) is 4. The molecule has 5 nitrogen and oxygen atoms in total. The Morgan fingerprint density at radius 3 is 2.43 bits per heavy atom. The summed E-state index contributed by atoms with van der Waals surface area (Å²) in [6.45, 7) is 4.53. The van der Waals surface area contributed by atoms with E-state index in [1.807, 2.05) is 19.2 Å². The van der Waals surface area contributed by atoms with Crippen LogP contribution in [0.1, 0.15) is 44.6 Å². The number of nitrogens with one attached hydrogen (secondary N) is 1. The highest BCUT2D eigenvalue weighted by Crippen LogP contribution is 2.17. The maximum Gasteiger partial charge on any atom is 0.221 e. The minimum Gasteiger partial charge on any atom is -0.357 e. The zero-order chi connectivity index (χ0) is 15.1. The largest absolute Gasteiger partial charge is 0.357 e. The first-order valence-corrected chi connectivity index (χ1v) is 7.87. The molecule has 1 aromatic heterocycles. The number of aromatic nitrogens is 1. The molecule has 2 heterocycles. The second-order valence-electron chi connectivity index (χ2n) is 5.88. The summed E-state index contributed by atoms with van der Waals surface area (Å²) in [5, 5.41) is 2.87. The van der Waals surface area contributed by atoms with Gasteiger partial charge in [0.05, 0.1) is 0 Å². The molecule has 1 aromatic rings. The van der Waals surface area contributed by atoms with Crippen LogP contribution in [0.25, 0.3) is 0 Å². The van der Waals surface area contributed by atoms with Crippen molar-refractivity contribution in [2.45, 2.75) is 51.6 Å². The molecule has 1 fully saturated rings. The molecule has 0 saturated carbocycles. The van der Waals surface area contributed by atoms with E-state index in [-0.39, 0.29) is 36.8 Å². The first kappa shape index (κ1) is 22.0. The Morgan fingerprint density at radius 2 is 1.91 bits per heavy atom. The predicted molar refractivity (Wildman–Crippen MR) is 99.5 cm³/mol. The number of rotatable bonds is 5. The number of anilines is 1. The molecule has 3 N–H and O–H groups in total. The first-order valence-electron chi connectivity index (χ1n) is 7.87. The number of amides is 1. The standard InChI is InChI=1S/C16H26N4O.2ClH/c1-13(17)10-16(21)19-12-14-6-7-15(18-11-14)20-8-4-2-3-5-9-20;;/h6-7,11,13H,2-5,8-10,12,17H2,1H3,(H,19,21);2*1H. The van der Waals surface area contributed by atoms with Gasteiger partial charge in [0.1, 0.15) is 5.82 Å². The van der Waals surface area contributed by atoms with Crippen LogP contribution in [0.5, 0.6) is 0 Å². The van der Waals surface area contributed by atoms with E-state index < -0.39 is 0 Å². The smallest absolute Gasteiger partial charge is 0.221 e. The van der Waals surface area contributed by atoms with E-state index in [0.29, 0.717) is 13.0 Å². The fourth-order valence-electron chi connectivity index (χ4n) is 2.57. The summed E-state index contributed by atoms with van der Waals surface area (Å²) in [6, 6.07) is 3.99. The molecule has 0 bridgehead atoms. The molecule has 132 valence electrons. The van der Waals surface area contributed by atoms with Crippen molar-refractivity contribution in [3.63, 3.8) is 0 Å². The molecule has 2 rings (SSSR count). The number of nitrogens with zero attached hydrogens (tertiary/aromatic N) is 2. The molecule has 1 aliphatic heterocycles. The van der Waals surface area contributed by atoms with E-state index in [1.54, 1.807) is 0 Å². The van der Waals surface area contributed by atoms with Gasteiger partial charge in [-0.05, 0) is 31.4 Å². The molecule has 0 spiro atoms. The summed E-state index contributed by atoms with van der Waals surface area (Å²) in [6.07, 6.45) is 7.35. The normalized spacial score (nSPS) is 15.7. The van der Waals surface area contributed by atoms with E-state index >= 15 is 0 Å². The van der Waals surface area contributed by atoms with Crippen LogP contribution in [-0.2, 0) is 11.3 Å². The summed E-state index contributed by atoms with van der Waals surface area (Å²) in [5.74, 6) is 1.03. The molecule has 0 aliphatic carbocycles. The van der Waals surface area contributed by atoms with Gasteiger partial charge < -0.3 is 16.0 Å². The van der Waals surface area contributed by atoms with Gasteiger partial charge in [-0.1, -0.05) is 18.9 Å². The SMILES string of the molecule is CC(N)CC(=O)NCc1ccc(N2CCCCCC2)nc1.Cl.Cl. The molecule has 1 atom stereocenters. The fraction of sp³-hybridized carbons (Fsp3) is 0.625. The van der Waals surface area contributed by atoms with Crippen LogP contribution < -0.4 is 16.0 Å². The lowest BCUT2D eigenvalue weighted by atomic mass is 10.2. The van der Waals surface area contributed by atoms with Crippen molar-refractivity contribution in [2.75, 3.05) is 18.0 Å². The fourth-order valence-corrected chi connectivity index (χ4v) is 2.57. The van der Waals surface area contributed by atoms with Gasteiger partial charge >= 0.3 is 0 Å². The zero-order valence-electron chi connectivity index (χ0n) is 13.7. The summed E-state index contributed by atoms with van der Waals surface area (Å²) < 4.78 is 0. The lowest BCUT2D eigenvalue weighted by Gasteiger charge is -2.21. The van der Waals surface area contributed by atoms with E-state index in [4.69, 9.17) is 5.73 Å². The van der Waals surface area contributed by atoms with Gasteiger partial charge in [-0.25, -0.2) is 4.98 Å². The summed E-state index contributed by atoms with van der Waals surface area (Å²) in [4.78, 5) is 18.4.